The molecule has 0 aromatic rings. The number of hydrogen-bond donors (Lipinski definition) is 1. The van der Waals surface area contributed by atoms with Gasteiger partial charge in [-0.2, -0.15) is 0 Å². The summed E-state index contributed by atoms with van der Waals surface area (Å²) in [5.74, 6) is 0.614. The van der Waals surface area contributed by atoms with Crippen molar-refractivity contribution in [2.75, 3.05) is 7.11 Å². The van der Waals surface area contributed by atoms with Crippen LogP contribution in [0.15, 0.2) is 0 Å². The highest BCUT2D eigenvalue weighted by atomic mass is 16.5. The van der Waals surface area contributed by atoms with Crippen molar-refractivity contribution >= 4 is 5.97 Å². The van der Waals surface area contributed by atoms with Gasteiger partial charge in [0, 0.05) is 6.04 Å². The Labute approximate surface area is 111 Å². The highest BCUT2D eigenvalue weighted by Crippen LogP contribution is 2.48. The van der Waals surface area contributed by atoms with Crippen LogP contribution >= 0.6 is 0 Å². The Bertz CT molecular complexity index is 283. The Hall–Kier alpha value is -0.570. The Kier molecular flexibility index (Phi) is 4.82. The van der Waals surface area contributed by atoms with Crippen molar-refractivity contribution in [3.8, 4) is 0 Å². The number of nitrogens with two attached hydrogens (primary N) is 1. The average Bonchev–Trinajstić information content (AvgIpc) is 2.28. The van der Waals surface area contributed by atoms with Crippen molar-refractivity contribution < 1.29 is 9.53 Å². The molecule has 2 N–H and O–H groups in total. The summed E-state index contributed by atoms with van der Waals surface area (Å²) >= 11 is 0. The quantitative estimate of drug-likeness (QED) is 0.788. The van der Waals surface area contributed by atoms with Crippen molar-refractivity contribution in [3.05, 3.63) is 0 Å². The minimum atomic E-state index is -0.124. The SMILES string of the molecule is COC(=O)CC1(C(C)N)CCC(C(C)(C)C)CC1. The van der Waals surface area contributed by atoms with E-state index < -0.39 is 0 Å². The minimum Gasteiger partial charge on any atom is -0.469 e. The summed E-state index contributed by atoms with van der Waals surface area (Å²) in [5, 5.41) is 0. The summed E-state index contributed by atoms with van der Waals surface area (Å²) in [6.07, 6.45) is 4.89. The van der Waals surface area contributed by atoms with E-state index >= 15 is 0 Å². The van der Waals surface area contributed by atoms with Crippen LogP contribution in [-0.2, 0) is 9.53 Å². The maximum absolute atomic E-state index is 11.6. The van der Waals surface area contributed by atoms with Crippen LogP contribution in [0, 0.1) is 16.7 Å². The molecule has 1 rings (SSSR count). The van der Waals surface area contributed by atoms with Crippen LogP contribution < -0.4 is 5.73 Å². The molecule has 0 bridgehead atoms. The number of rotatable bonds is 3. The molecular weight excluding hydrogens is 226 g/mol. The van der Waals surface area contributed by atoms with E-state index in [1.54, 1.807) is 0 Å². The van der Waals surface area contributed by atoms with Gasteiger partial charge >= 0.3 is 5.97 Å². The van der Waals surface area contributed by atoms with Gasteiger partial charge < -0.3 is 10.5 Å². The van der Waals surface area contributed by atoms with Crippen LogP contribution in [0.4, 0.5) is 0 Å². The molecule has 3 heteroatoms. The van der Waals surface area contributed by atoms with Gasteiger partial charge in [-0.15, -0.1) is 0 Å². The van der Waals surface area contributed by atoms with E-state index in [0.29, 0.717) is 11.8 Å². The molecule has 0 amide bonds. The lowest BCUT2D eigenvalue weighted by Gasteiger charge is -2.45. The molecule has 1 aliphatic carbocycles. The van der Waals surface area contributed by atoms with Crippen LogP contribution in [0.3, 0.4) is 0 Å². The normalized spacial score (nSPS) is 30.9. The van der Waals surface area contributed by atoms with Gasteiger partial charge in [0.25, 0.3) is 0 Å². The second kappa shape index (κ2) is 5.60. The molecular formula is C15H29NO2. The zero-order valence-electron chi connectivity index (χ0n) is 12.6. The molecule has 106 valence electrons. The van der Waals surface area contributed by atoms with Crippen molar-refractivity contribution in [2.24, 2.45) is 22.5 Å². The highest BCUT2D eigenvalue weighted by molar-refractivity contribution is 5.70. The van der Waals surface area contributed by atoms with Crippen molar-refractivity contribution in [2.45, 2.75) is 65.8 Å². The zero-order valence-corrected chi connectivity index (χ0v) is 12.6. The van der Waals surface area contributed by atoms with Crippen LogP contribution in [0.2, 0.25) is 0 Å². The lowest BCUT2D eigenvalue weighted by atomic mass is 9.61. The molecule has 1 fully saturated rings. The van der Waals surface area contributed by atoms with Crippen LogP contribution in [0.1, 0.15) is 59.8 Å². The van der Waals surface area contributed by atoms with Gasteiger partial charge in [-0.25, -0.2) is 0 Å². The number of carbonyl (C=O) groups is 1. The zero-order chi connectivity index (χ0) is 14.0. The fourth-order valence-corrected chi connectivity index (χ4v) is 3.21. The molecule has 0 aromatic heterocycles. The van der Waals surface area contributed by atoms with E-state index in [4.69, 9.17) is 10.5 Å². The molecule has 1 unspecified atom stereocenters. The highest BCUT2D eigenvalue weighted by Gasteiger charge is 2.42. The fourth-order valence-electron chi connectivity index (χ4n) is 3.21. The Morgan fingerprint density at radius 1 is 1.39 bits per heavy atom. The van der Waals surface area contributed by atoms with Gasteiger partial charge in [-0.1, -0.05) is 20.8 Å². The topological polar surface area (TPSA) is 52.3 Å². The molecule has 0 aromatic carbocycles. The van der Waals surface area contributed by atoms with Gasteiger partial charge in [-0.05, 0) is 49.4 Å². The maximum atomic E-state index is 11.6. The molecule has 3 nitrogen and oxygen atoms in total. The first-order valence-corrected chi connectivity index (χ1v) is 7.04. The van der Waals surface area contributed by atoms with E-state index in [-0.39, 0.29) is 17.4 Å². The van der Waals surface area contributed by atoms with Crippen molar-refractivity contribution in [3.63, 3.8) is 0 Å². The molecule has 1 saturated carbocycles. The van der Waals surface area contributed by atoms with Crippen molar-refractivity contribution in [1.29, 1.82) is 0 Å². The van der Waals surface area contributed by atoms with Crippen LogP contribution in [-0.4, -0.2) is 19.1 Å². The molecule has 1 aliphatic rings. The summed E-state index contributed by atoms with van der Waals surface area (Å²) in [4.78, 5) is 11.6. The number of esters is 1. The number of methoxy groups -OCH3 is 1. The molecule has 1 atom stereocenters. The van der Waals surface area contributed by atoms with Gasteiger partial charge in [0.2, 0.25) is 0 Å². The monoisotopic (exact) mass is 255 g/mol. The van der Waals surface area contributed by atoms with Crippen molar-refractivity contribution in [1.82, 2.24) is 0 Å². The molecule has 0 spiro atoms. The standard InChI is InChI=1S/C15H29NO2/c1-11(16)15(10-13(17)18-5)8-6-12(7-9-15)14(2,3)4/h11-12H,6-10,16H2,1-5H3. The van der Waals surface area contributed by atoms with Gasteiger partial charge in [0.15, 0.2) is 0 Å². The Balaban J connectivity index is 2.71. The first-order chi connectivity index (χ1) is 8.21. The first kappa shape index (κ1) is 15.5. The predicted molar refractivity (Wildman–Crippen MR) is 74.1 cm³/mol. The summed E-state index contributed by atoms with van der Waals surface area (Å²) in [5.41, 5.74) is 6.46. The van der Waals surface area contributed by atoms with E-state index in [1.165, 1.54) is 20.0 Å². The van der Waals surface area contributed by atoms with Crippen LogP contribution in [0.5, 0.6) is 0 Å². The molecule has 0 heterocycles. The second-order valence-corrected chi connectivity index (χ2v) is 7.04. The summed E-state index contributed by atoms with van der Waals surface area (Å²) in [7, 11) is 1.46. The summed E-state index contributed by atoms with van der Waals surface area (Å²) in [6.45, 7) is 8.94. The van der Waals surface area contributed by atoms with Gasteiger partial charge in [0.1, 0.15) is 0 Å². The largest absolute Gasteiger partial charge is 0.469 e. The fraction of sp³-hybridized carbons (Fsp3) is 0.933. The van der Waals surface area contributed by atoms with E-state index in [0.717, 1.165) is 18.8 Å². The molecule has 0 aliphatic heterocycles. The van der Waals surface area contributed by atoms with Gasteiger partial charge in [0.05, 0.1) is 13.5 Å². The maximum Gasteiger partial charge on any atom is 0.306 e. The van der Waals surface area contributed by atoms with E-state index in [1.807, 2.05) is 6.92 Å². The molecule has 0 radical (unpaired) electrons. The molecule has 0 saturated heterocycles. The van der Waals surface area contributed by atoms with Crippen LogP contribution in [0.25, 0.3) is 0 Å². The lowest BCUT2D eigenvalue weighted by Crippen LogP contribution is -2.45. The number of hydrogen-bond acceptors (Lipinski definition) is 3. The molecule has 18 heavy (non-hydrogen) atoms. The second-order valence-electron chi connectivity index (χ2n) is 7.04. The Morgan fingerprint density at radius 3 is 2.22 bits per heavy atom. The number of ether oxygens (including phenoxy) is 1. The first-order valence-electron chi connectivity index (χ1n) is 7.04. The lowest BCUT2D eigenvalue weighted by molar-refractivity contribution is -0.144. The Morgan fingerprint density at radius 2 is 1.89 bits per heavy atom. The summed E-state index contributed by atoms with van der Waals surface area (Å²) < 4.78 is 4.83. The average molecular weight is 255 g/mol. The van der Waals surface area contributed by atoms with E-state index in [9.17, 15) is 4.79 Å². The summed E-state index contributed by atoms with van der Waals surface area (Å²) in [6, 6.07) is 0.0533. The smallest absolute Gasteiger partial charge is 0.306 e. The third kappa shape index (κ3) is 3.47. The minimum absolute atomic E-state index is 0.0468. The number of carbonyl (C=O) groups excluding carboxylic acids is 1. The van der Waals surface area contributed by atoms with E-state index in [2.05, 4.69) is 20.8 Å². The van der Waals surface area contributed by atoms with Gasteiger partial charge in [-0.3, -0.25) is 4.79 Å². The predicted octanol–water partition coefficient (Wildman–Crippen LogP) is 3.12. The third-order valence-corrected chi connectivity index (χ3v) is 4.90. The third-order valence-electron chi connectivity index (χ3n) is 4.90.